The van der Waals surface area contributed by atoms with Gasteiger partial charge >= 0.3 is 6.03 Å². The number of nitrogens with zero attached hydrogens (tertiary/aromatic N) is 1. The molecule has 160 valence electrons. The highest BCUT2D eigenvalue weighted by Crippen LogP contribution is 2.26. The number of barbiturate groups is 1. The average Bonchev–Trinajstić information content (AvgIpc) is 2.78. The summed E-state index contributed by atoms with van der Waals surface area (Å²) in [6.45, 7) is 2.50. The van der Waals surface area contributed by atoms with Gasteiger partial charge in [-0.25, -0.2) is 4.79 Å². The first-order chi connectivity index (χ1) is 15.0. The van der Waals surface area contributed by atoms with Gasteiger partial charge in [0.25, 0.3) is 11.8 Å². The summed E-state index contributed by atoms with van der Waals surface area (Å²) in [4.78, 5) is 38.8. The zero-order valence-electron chi connectivity index (χ0n) is 17.6. The van der Waals surface area contributed by atoms with Crippen molar-refractivity contribution < 1.29 is 19.1 Å². The molecule has 6 heteroatoms. The standard InChI is InChI=1S/C25H26N2O4/c1-17-7-9-19(10-8-17)16-31-21-13-11-18(12-14-21)15-22-23(28)26-25(30)27(24(22)29)20-5-3-2-4-6-20/h7-15,20H,2-6,16H2,1H3,(H,26,28,30). The molecule has 31 heavy (non-hydrogen) atoms. The number of hydrogen-bond donors (Lipinski definition) is 1. The van der Waals surface area contributed by atoms with Crippen LogP contribution in [0, 0.1) is 6.92 Å². The molecular formula is C25H26N2O4. The summed E-state index contributed by atoms with van der Waals surface area (Å²) in [5, 5.41) is 2.32. The van der Waals surface area contributed by atoms with Crippen LogP contribution in [0.2, 0.25) is 0 Å². The van der Waals surface area contributed by atoms with Gasteiger partial charge in [-0.3, -0.25) is 19.8 Å². The van der Waals surface area contributed by atoms with Gasteiger partial charge in [0.15, 0.2) is 0 Å². The molecular weight excluding hydrogens is 392 g/mol. The number of urea groups is 1. The molecule has 1 saturated carbocycles. The maximum Gasteiger partial charge on any atom is 0.331 e. The normalized spacial score (nSPS) is 18.9. The highest BCUT2D eigenvalue weighted by molar-refractivity contribution is 6.31. The van der Waals surface area contributed by atoms with Gasteiger partial charge in [0.1, 0.15) is 17.9 Å². The van der Waals surface area contributed by atoms with E-state index in [1.807, 2.05) is 31.2 Å². The van der Waals surface area contributed by atoms with Crippen molar-refractivity contribution in [2.75, 3.05) is 0 Å². The first kappa shape index (κ1) is 20.8. The Morgan fingerprint density at radius 1 is 0.968 bits per heavy atom. The fourth-order valence-corrected chi connectivity index (χ4v) is 4.02. The van der Waals surface area contributed by atoms with Crippen molar-refractivity contribution in [3.05, 3.63) is 70.8 Å². The second-order valence-electron chi connectivity index (χ2n) is 8.13. The molecule has 2 aromatic carbocycles. The van der Waals surface area contributed by atoms with Crippen LogP contribution in [-0.4, -0.2) is 28.8 Å². The van der Waals surface area contributed by atoms with Crippen molar-refractivity contribution in [3.8, 4) is 5.75 Å². The van der Waals surface area contributed by atoms with Crippen LogP contribution in [0.4, 0.5) is 4.79 Å². The van der Waals surface area contributed by atoms with Crippen molar-refractivity contribution in [1.82, 2.24) is 10.2 Å². The maximum atomic E-state index is 13.0. The van der Waals surface area contributed by atoms with E-state index in [9.17, 15) is 14.4 Å². The van der Waals surface area contributed by atoms with E-state index in [2.05, 4.69) is 5.32 Å². The molecule has 1 aliphatic carbocycles. The number of hydrogen-bond acceptors (Lipinski definition) is 4. The molecule has 0 bridgehead atoms. The zero-order chi connectivity index (χ0) is 21.8. The van der Waals surface area contributed by atoms with Gasteiger partial charge in [-0.1, -0.05) is 61.2 Å². The Kier molecular flexibility index (Phi) is 6.16. The lowest BCUT2D eigenvalue weighted by molar-refractivity contribution is -0.132. The molecule has 0 unspecified atom stereocenters. The van der Waals surface area contributed by atoms with Crippen molar-refractivity contribution >= 4 is 23.9 Å². The predicted molar refractivity (Wildman–Crippen MR) is 117 cm³/mol. The van der Waals surface area contributed by atoms with Crippen LogP contribution in [0.1, 0.15) is 48.8 Å². The van der Waals surface area contributed by atoms with Gasteiger partial charge in [0, 0.05) is 6.04 Å². The monoisotopic (exact) mass is 418 g/mol. The van der Waals surface area contributed by atoms with E-state index in [4.69, 9.17) is 4.74 Å². The van der Waals surface area contributed by atoms with E-state index < -0.39 is 17.8 Å². The molecule has 2 aromatic rings. The van der Waals surface area contributed by atoms with Crippen LogP contribution in [0.3, 0.4) is 0 Å². The minimum absolute atomic E-state index is 0.0153. The molecule has 1 saturated heterocycles. The summed E-state index contributed by atoms with van der Waals surface area (Å²) in [6.07, 6.45) is 6.18. The van der Waals surface area contributed by atoms with Crippen LogP contribution in [-0.2, 0) is 16.2 Å². The smallest absolute Gasteiger partial charge is 0.331 e. The lowest BCUT2D eigenvalue weighted by Gasteiger charge is -2.35. The minimum atomic E-state index is -0.651. The molecule has 2 fully saturated rings. The van der Waals surface area contributed by atoms with Gasteiger partial charge in [0.2, 0.25) is 0 Å². The van der Waals surface area contributed by atoms with Gasteiger partial charge in [-0.2, -0.15) is 0 Å². The number of rotatable bonds is 5. The van der Waals surface area contributed by atoms with Crippen LogP contribution < -0.4 is 10.1 Å². The third kappa shape index (κ3) is 4.85. The van der Waals surface area contributed by atoms with Crippen molar-refractivity contribution in [2.45, 2.75) is 51.7 Å². The Morgan fingerprint density at radius 3 is 2.32 bits per heavy atom. The summed E-state index contributed by atoms with van der Waals surface area (Å²) < 4.78 is 5.81. The second kappa shape index (κ2) is 9.16. The fourth-order valence-electron chi connectivity index (χ4n) is 4.02. The van der Waals surface area contributed by atoms with Crippen molar-refractivity contribution in [1.29, 1.82) is 0 Å². The fraction of sp³-hybridized carbons (Fsp3) is 0.320. The lowest BCUT2D eigenvalue weighted by Crippen LogP contribution is -2.58. The third-order valence-electron chi connectivity index (χ3n) is 5.79. The first-order valence-corrected chi connectivity index (χ1v) is 10.7. The number of ether oxygens (including phenoxy) is 1. The summed E-state index contributed by atoms with van der Waals surface area (Å²) in [5.41, 5.74) is 2.96. The van der Waals surface area contributed by atoms with Gasteiger partial charge < -0.3 is 4.74 Å². The summed E-state index contributed by atoms with van der Waals surface area (Å²) >= 11 is 0. The largest absolute Gasteiger partial charge is 0.489 e. The Hall–Kier alpha value is -3.41. The van der Waals surface area contributed by atoms with Crippen LogP contribution in [0.15, 0.2) is 54.1 Å². The molecule has 2 aliphatic rings. The molecule has 1 aliphatic heterocycles. The molecule has 0 radical (unpaired) electrons. The number of benzene rings is 2. The Morgan fingerprint density at radius 2 is 1.65 bits per heavy atom. The first-order valence-electron chi connectivity index (χ1n) is 10.7. The Labute approximate surface area is 181 Å². The minimum Gasteiger partial charge on any atom is -0.489 e. The molecule has 0 spiro atoms. The maximum absolute atomic E-state index is 13.0. The van der Waals surface area contributed by atoms with E-state index in [-0.39, 0.29) is 11.6 Å². The second-order valence-corrected chi connectivity index (χ2v) is 8.13. The number of aryl methyl sites for hydroxylation is 1. The highest BCUT2D eigenvalue weighted by atomic mass is 16.5. The third-order valence-corrected chi connectivity index (χ3v) is 5.79. The highest BCUT2D eigenvalue weighted by Gasteiger charge is 2.40. The van der Waals surface area contributed by atoms with Crippen LogP contribution in [0.5, 0.6) is 5.75 Å². The summed E-state index contributed by atoms with van der Waals surface area (Å²) in [7, 11) is 0. The van der Waals surface area contributed by atoms with Crippen molar-refractivity contribution in [2.24, 2.45) is 0 Å². The Bertz CT molecular complexity index is 1000. The zero-order valence-corrected chi connectivity index (χ0v) is 17.6. The van der Waals surface area contributed by atoms with Gasteiger partial charge in [-0.05, 0) is 49.1 Å². The van der Waals surface area contributed by atoms with Crippen molar-refractivity contribution in [3.63, 3.8) is 0 Å². The summed E-state index contributed by atoms with van der Waals surface area (Å²) in [6, 6.07) is 14.6. The predicted octanol–water partition coefficient (Wildman–Crippen LogP) is 4.37. The van der Waals surface area contributed by atoms with Crippen LogP contribution >= 0.6 is 0 Å². The number of amides is 4. The van der Waals surface area contributed by atoms with Crippen LogP contribution in [0.25, 0.3) is 6.08 Å². The molecule has 4 amide bonds. The van der Waals surface area contributed by atoms with E-state index in [0.29, 0.717) is 17.9 Å². The SMILES string of the molecule is Cc1ccc(COc2ccc(C=C3C(=O)NC(=O)N(C4CCCCC4)C3=O)cc2)cc1. The number of carbonyl (C=O) groups is 3. The van der Waals surface area contributed by atoms with E-state index in [1.165, 1.54) is 16.5 Å². The lowest BCUT2D eigenvalue weighted by atomic mass is 9.93. The average molecular weight is 418 g/mol. The molecule has 4 rings (SSSR count). The number of nitrogens with one attached hydrogen (secondary N) is 1. The van der Waals surface area contributed by atoms with E-state index >= 15 is 0 Å². The molecule has 1 N–H and O–H groups in total. The molecule has 6 nitrogen and oxygen atoms in total. The quantitative estimate of drug-likeness (QED) is 0.578. The number of carbonyl (C=O) groups excluding carboxylic acids is 3. The summed E-state index contributed by atoms with van der Waals surface area (Å²) in [5.74, 6) is -0.469. The number of imide groups is 2. The van der Waals surface area contributed by atoms with E-state index in [1.54, 1.807) is 24.3 Å². The van der Waals surface area contributed by atoms with Gasteiger partial charge in [-0.15, -0.1) is 0 Å². The topological polar surface area (TPSA) is 75.7 Å². The molecule has 0 atom stereocenters. The van der Waals surface area contributed by atoms with Gasteiger partial charge in [0.05, 0.1) is 0 Å². The van der Waals surface area contributed by atoms with E-state index in [0.717, 1.165) is 37.7 Å². The molecule has 1 heterocycles. The molecule has 0 aromatic heterocycles. The Balaban J connectivity index is 1.46.